The zero-order valence-corrected chi connectivity index (χ0v) is 33.1. The molecular formula is C56H40N2. The molecule has 2 nitrogen and oxygen atoms in total. The molecule has 0 amide bonds. The molecule has 0 radical (unpaired) electrons. The molecule has 0 saturated heterocycles. The first-order chi connectivity index (χ1) is 28.3. The van der Waals surface area contributed by atoms with Gasteiger partial charge in [0.2, 0.25) is 0 Å². The van der Waals surface area contributed by atoms with Crippen LogP contribution in [0.4, 0.5) is 0 Å². The Balaban J connectivity index is 1.02. The summed E-state index contributed by atoms with van der Waals surface area (Å²) < 4.78 is 4.95. The lowest BCUT2D eigenvalue weighted by Crippen LogP contribution is -2.15. The van der Waals surface area contributed by atoms with Crippen molar-refractivity contribution in [2.24, 2.45) is 0 Å². The van der Waals surface area contributed by atoms with E-state index < -0.39 is 0 Å². The van der Waals surface area contributed by atoms with Gasteiger partial charge in [0.25, 0.3) is 0 Å². The van der Waals surface area contributed by atoms with Crippen molar-refractivity contribution < 1.29 is 0 Å². The first kappa shape index (κ1) is 32.2. The van der Waals surface area contributed by atoms with E-state index >= 15 is 0 Å². The van der Waals surface area contributed by atoms with Crippen LogP contribution in [0.1, 0.15) is 49.9 Å². The lowest BCUT2D eigenvalue weighted by Gasteiger charge is -2.23. The van der Waals surface area contributed by atoms with Gasteiger partial charge < -0.3 is 9.13 Å². The largest absolute Gasteiger partial charge is 0.309 e. The molecule has 2 heteroatoms. The second-order valence-corrected chi connectivity index (χ2v) is 17.7. The maximum absolute atomic E-state index is 2.48. The smallest absolute Gasteiger partial charge is 0.0547 e. The van der Waals surface area contributed by atoms with Gasteiger partial charge in [0.05, 0.1) is 22.1 Å². The Hall–Kier alpha value is -6.90. The number of fused-ring (bicyclic) bond motifs is 16. The molecule has 274 valence electrons. The molecule has 0 N–H and O–H groups in total. The summed E-state index contributed by atoms with van der Waals surface area (Å²) in [5, 5.41) is 10.4. The fourth-order valence-corrected chi connectivity index (χ4v) is 11.5. The van der Waals surface area contributed by atoms with Crippen molar-refractivity contribution in [3.8, 4) is 33.6 Å². The number of hydrogen-bond acceptors (Lipinski definition) is 0. The Labute approximate surface area is 337 Å². The second-order valence-electron chi connectivity index (χ2n) is 17.7. The monoisotopic (exact) mass is 740 g/mol. The van der Waals surface area contributed by atoms with Crippen LogP contribution in [0.25, 0.3) is 98.8 Å². The summed E-state index contributed by atoms with van der Waals surface area (Å²) in [6.45, 7) is 9.56. The van der Waals surface area contributed by atoms with Gasteiger partial charge in [0, 0.05) is 43.7 Å². The van der Waals surface area contributed by atoms with E-state index in [9.17, 15) is 0 Å². The third kappa shape index (κ3) is 3.97. The molecule has 2 aliphatic carbocycles. The Morgan fingerprint density at radius 1 is 0.310 bits per heavy atom. The summed E-state index contributed by atoms with van der Waals surface area (Å²) in [7, 11) is 0. The average Bonchev–Trinajstić information content (AvgIpc) is 3.90. The highest BCUT2D eigenvalue weighted by molar-refractivity contribution is 6.16. The van der Waals surface area contributed by atoms with Crippen molar-refractivity contribution in [2.45, 2.75) is 38.5 Å². The van der Waals surface area contributed by atoms with Gasteiger partial charge in [-0.3, -0.25) is 0 Å². The summed E-state index contributed by atoms with van der Waals surface area (Å²) in [6.07, 6.45) is 0. The molecule has 0 spiro atoms. The lowest BCUT2D eigenvalue weighted by atomic mass is 9.80. The number of nitrogens with zero attached hydrogens (tertiary/aromatic N) is 2. The summed E-state index contributed by atoms with van der Waals surface area (Å²) in [6, 6.07) is 64.1. The van der Waals surface area contributed by atoms with Crippen molar-refractivity contribution >= 4 is 65.2 Å². The maximum atomic E-state index is 2.48. The molecule has 0 unspecified atom stereocenters. The minimum Gasteiger partial charge on any atom is -0.309 e. The third-order valence-electron chi connectivity index (χ3n) is 14.0. The van der Waals surface area contributed by atoms with E-state index in [2.05, 4.69) is 207 Å². The Morgan fingerprint density at radius 2 is 0.707 bits per heavy atom. The Bertz CT molecular complexity index is 3370. The first-order valence-corrected chi connectivity index (χ1v) is 20.6. The van der Waals surface area contributed by atoms with Gasteiger partial charge >= 0.3 is 0 Å². The van der Waals surface area contributed by atoms with E-state index in [0.29, 0.717) is 0 Å². The second kappa shape index (κ2) is 10.9. The fourth-order valence-electron chi connectivity index (χ4n) is 11.5. The zero-order chi connectivity index (χ0) is 38.7. The molecule has 13 rings (SSSR count). The highest BCUT2D eigenvalue weighted by atomic mass is 15.0. The maximum Gasteiger partial charge on any atom is 0.0547 e. The first-order valence-electron chi connectivity index (χ1n) is 20.6. The molecule has 58 heavy (non-hydrogen) atoms. The van der Waals surface area contributed by atoms with Gasteiger partial charge in [-0.05, 0) is 127 Å². The molecule has 0 atom stereocenters. The topological polar surface area (TPSA) is 9.86 Å². The van der Waals surface area contributed by atoms with E-state index in [-0.39, 0.29) is 10.8 Å². The normalized spacial score (nSPS) is 14.8. The van der Waals surface area contributed by atoms with E-state index in [1.54, 1.807) is 0 Å². The number of aromatic nitrogens is 2. The standard InChI is InChI=1S/C56H40N2/c1-55(2)47-17-9-5-13-37(47)41-27-21-33-29-45-39-15-7-11-19-49(39)57(51(45)31-43(33)53(41)55)35-23-25-36(26-24-35)58-50-20-12-8-16-40(50)46-30-34-22-28-42-38-14-6-10-18-48(38)56(3,4)54(42)44(34)32-52(46)58/h5-32H,1-4H3. The summed E-state index contributed by atoms with van der Waals surface area (Å²) in [5.74, 6) is 0. The minimum absolute atomic E-state index is 0.0922. The Morgan fingerprint density at radius 3 is 1.16 bits per heavy atom. The highest BCUT2D eigenvalue weighted by Crippen LogP contribution is 2.53. The van der Waals surface area contributed by atoms with Gasteiger partial charge in [-0.15, -0.1) is 0 Å². The fraction of sp³-hybridized carbons (Fsp3) is 0.107. The van der Waals surface area contributed by atoms with Crippen LogP contribution in [0.3, 0.4) is 0 Å². The number of benzene rings is 9. The lowest BCUT2D eigenvalue weighted by molar-refractivity contribution is 0.666. The molecule has 2 aliphatic rings. The van der Waals surface area contributed by atoms with Crippen LogP contribution in [-0.2, 0) is 10.8 Å². The van der Waals surface area contributed by atoms with Crippen molar-refractivity contribution in [1.82, 2.24) is 9.13 Å². The van der Waals surface area contributed by atoms with Gasteiger partial charge in [0.1, 0.15) is 0 Å². The van der Waals surface area contributed by atoms with Crippen LogP contribution in [0.2, 0.25) is 0 Å². The average molecular weight is 741 g/mol. The predicted octanol–water partition coefficient (Wildman–Crippen LogP) is 14.8. The van der Waals surface area contributed by atoms with Crippen molar-refractivity contribution in [1.29, 1.82) is 0 Å². The van der Waals surface area contributed by atoms with Crippen LogP contribution < -0.4 is 0 Å². The van der Waals surface area contributed by atoms with Gasteiger partial charge in [-0.2, -0.15) is 0 Å². The van der Waals surface area contributed by atoms with Gasteiger partial charge in [0.15, 0.2) is 0 Å². The quantitative estimate of drug-likeness (QED) is 0.167. The van der Waals surface area contributed by atoms with Crippen molar-refractivity contribution in [2.75, 3.05) is 0 Å². The van der Waals surface area contributed by atoms with E-state index in [0.717, 1.165) is 11.4 Å². The highest BCUT2D eigenvalue weighted by Gasteiger charge is 2.38. The molecule has 2 aromatic heterocycles. The summed E-state index contributed by atoms with van der Waals surface area (Å²) in [4.78, 5) is 0. The van der Waals surface area contributed by atoms with Crippen LogP contribution in [0.15, 0.2) is 170 Å². The van der Waals surface area contributed by atoms with E-state index in [1.165, 1.54) is 110 Å². The van der Waals surface area contributed by atoms with E-state index in [1.807, 2.05) is 0 Å². The molecule has 11 aromatic rings. The molecular weight excluding hydrogens is 701 g/mol. The van der Waals surface area contributed by atoms with E-state index in [4.69, 9.17) is 0 Å². The molecule has 0 fully saturated rings. The van der Waals surface area contributed by atoms with Crippen LogP contribution in [-0.4, -0.2) is 9.13 Å². The summed E-state index contributed by atoms with van der Waals surface area (Å²) in [5.41, 5.74) is 18.2. The van der Waals surface area contributed by atoms with Crippen LogP contribution >= 0.6 is 0 Å². The van der Waals surface area contributed by atoms with Crippen molar-refractivity contribution in [3.05, 3.63) is 192 Å². The molecule has 2 heterocycles. The van der Waals surface area contributed by atoms with Gasteiger partial charge in [-0.25, -0.2) is 0 Å². The summed E-state index contributed by atoms with van der Waals surface area (Å²) >= 11 is 0. The molecule has 0 bridgehead atoms. The number of rotatable bonds is 2. The van der Waals surface area contributed by atoms with Crippen LogP contribution in [0.5, 0.6) is 0 Å². The zero-order valence-electron chi connectivity index (χ0n) is 33.1. The third-order valence-corrected chi connectivity index (χ3v) is 14.0. The molecule has 0 aliphatic heterocycles. The Kier molecular flexibility index (Phi) is 6.07. The number of hydrogen-bond donors (Lipinski definition) is 0. The predicted molar refractivity (Wildman–Crippen MR) is 245 cm³/mol. The molecule has 0 saturated carbocycles. The van der Waals surface area contributed by atoms with Gasteiger partial charge in [-0.1, -0.05) is 137 Å². The van der Waals surface area contributed by atoms with Crippen LogP contribution in [0, 0.1) is 0 Å². The minimum atomic E-state index is -0.0922. The number of para-hydroxylation sites is 2. The SMILES string of the molecule is CC1(C)c2ccccc2-c2ccc3cc4c5ccccc5n(-c5ccc(-n6c7ccccc7c7cc8ccc9c(c8cc76)C(C)(C)c6ccccc6-9)cc5)c4cc3c21. The van der Waals surface area contributed by atoms with Crippen molar-refractivity contribution in [3.63, 3.8) is 0 Å². The molecule has 9 aromatic carbocycles.